The fraction of sp³-hybridized carbons (Fsp3) is 0.100. The quantitative estimate of drug-likeness (QED) is 0.579. The summed E-state index contributed by atoms with van der Waals surface area (Å²) in [7, 11) is 0. The summed E-state index contributed by atoms with van der Waals surface area (Å²) in [6, 6.07) is 9.05. The summed E-state index contributed by atoms with van der Waals surface area (Å²) in [5, 5.41) is 23.0. The van der Waals surface area contributed by atoms with Crippen molar-refractivity contribution in [2.24, 2.45) is 0 Å². The SMILES string of the molecule is N#Cc1ccccc1Cn1cnc([N+](=O)[O-])n1. The van der Waals surface area contributed by atoms with Crippen molar-refractivity contribution in [1.29, 1.82) is 5.26 Å². The number of hydrogen-bond donors (Lipinski definition) is 0. The van der Waals surface area contributed by atoms with Crippen molar-refractivity contribution in [1.82, 2.24) is 14.8 Å². The summed E-state index contributed by atoms with van der Waals surface area (Å²) in [6.45, 7) is 0.282. The van der Waals surface area contributed by atoms with E-state index in [-0.39, 0.29) is 6.54 Å². The molecule has 0 aliphatic carbocycles. The first-order chi connectivity index (χ1) is 8.20. The third-order valence-electron chi connectivity index (χ3n) is 2.16. The molecular weight excluding hydrogens is 222 g/mol. The van der Waals surface area contributed by atoms with Gasteiger partial charge in [-0.15, -0.1) is 0 Å². The molecular formula is C10H7N5O2. The molecule has 0 saturated carbocycles. The topological polar surface area (TPSA) is 97.6 Å². The largest absolute Gasteiger partial charge is 0.490 e. The molecule has 0 N–H and O–H groups in total. The zero-order valence-corrected chi connectivity index (χ0v) is 8.65. The highest BCUT2D eigenvalue weighted by Gasteiger charge is 2.13. The zero-order chi connectivity index (χ0) is 12.3. The first-order valence-corrected chi connectivity index (χ1v) is 4.72. The van der Waals surface area contributed by atoms with Crippen LogP contribution in [0.1, 0.15) is 11.1 Å². The monoisotopic (exact) mass is 229 g/mol. The van der Waals surface area contributed by atoms with Gasteiger partial charge in [-0.2, -0.15) is 9.94 Å². The van der Waals surface area contributed by atoms with E-state index in [2.05, 4.69) is 10.1 Å². The van der Waals surface area contributed by atoms with Crippen LogP contribution in [0, 0.1) is 21.4 Å². The van der Waals surface area contributed by atoms with Gasteiger partial charge in [0, 0.05) is 5.10 Å². The fourth-order valence-corrected chi connectivity index (χ4v) is 1.39. The van der Waals surface area contributed by atoms with E-state index >= 15 is 0 Å². The Morgan fingerprint density at radius 3 is 2.88 bits per heavy atom. The predicted octanol–water partition coefficient (Wildman–Crippen LogP) is 1.11. The second kappa shape index (κ2) is 4.40. The molecule has 0 radical (unpaired) electrons. The number of aromatic nitrogens is 3. The summed E-state index contributed by atoms with van der Waals surface area (Å²) < 4.78 is 1.33. The highest BCUT2D eigenvalue weighted by atomic mass is 16.6. The molecule has 7 heteroatoms. The Morgan fingerprint density at radius 1 is 1.47 bits per heavy atom. The van der Waals surface area contributed by atoms with Crippen LogP contribution in [-0.2, 0) is 6.54 Å². The van der Waals surface area contributed by atoms with E-state index < -0.39 is 10.9 Å². The van der Waals surface area contributed by atoms with Crippen LogP contribution >= 0.6 is 0 Å². The van der Waals surface area contributed by atoms with E-state index in [1.807, 2.05) is 6.07 Å². The van der Waals surface area contributed by atoms with Crippen molar-refractivity contribution in [3.05, 3.63) is 51.8 Å². The van der Waals surface area contributed by atoms with Crippen molar-refractivity contribution < 1.29 is 4.92 Å². The van der Waals surface area contributed by atoms with E-state index in [1.165, 1.54) is 11.0 Å². The Bertz CT molecular complexity index is 599. The van der Waals surface area contributed by atoms with Crippen LogP contribution in [0.15, 0.2) is 30.6 Å². The fourth-order valence-electron chi connectivity index (χ4n) is 1.39. The third-order valence-corrected chi connectivity index (χ3v) is 2.16. The molecule has 17 heavy (non-hydrogen) atoms. The molecule has 0 bridgehead atoms. The van der Waals surface area contributed by atoms with Crippen LogP contribution in [0.2, 0.25) is 0 Å². The van der Waals surface area contributed by atoms with Crippen LogP contribution in [-0.4, -0.2) is 19.7 Å². The van der Waals surface area contributed by atoms with Gasteiger partial charge < -0.3 is 10.1 Å². The average Bonchev–Trinajstić information content (AvgIpc) is 2.78. The summed E-state index contributed by atoms with van der Waals surface area (Å²) in [4.78, 5) is 13.3. The number of rotatable bonds is 3. The Balaban J connectivity index is 2.26. The average molecular weight is 229 g/mol. The van der Waals surface area contributed by atoms with E-state index in [0.717, 1.165) is 5.56 Å². The Labute approximate surface area is 96.1 Å². The van der Waals surface area contributed by atoms with Crippen LogP contribution in [0.4, 0.5) is 5.95 Å². The molecule has 84 valence electrons. The van der Waals surface area contributed by atoms with Crippen LogP contribution in [0.25, 0.3) is 0 Å². The second-order valence-corrected chi connectivity index (χ2v) is 3.27. The first-order valence-electron chi connectivity index (χ1n) is 4.72. The Kier molecular flexibility index (Phi) is 2.79. The second-order valence-electron chi connectivity index (χ2n) is 3.27. The van der Waals surface area contributed by atoms with E-state index in [1.54, 1.807) is 24.3 Å². The van der Waals surface area contributed by atoms with Crippen LogP contribution in [0.3, 0.4) is 0 Å². The van der Waals surface area contributed by atoms with Crippen molar-refractivity contribution in [2.45, 2.75) is 6.54 Å². The molecule has 0 aliphatic rings. The molecule has 0 unspecified atom stereocenters. The van der Waals surface area contributed by atoms with Gasteiger partial charge in [-0.1, -0.05) is 23.2 Å². The summed E-state index contributed by atoms with van der Waals surface area (Å²) in [5.74, 6) is -0.445. The molecule has 2 aromatic rings. The highest BCUT2D eigenvalue weighted by Crippen LogP contribution is 2.09. The Hall–Kier alpha value is -2.75. The lowest BCUT2D eigenvalue weighted by Gasteiger charge is -2.00. The highest BCUT2D eigenvalue weighted by molar-refractivity contribution is 5.37. The first kappa shape index (κ1) is 10.8. The predicted molar refractivity (Wildman–Crippen MR) is 56.9 cm³/mol. The molecule has 1 aromatic heterocycles. The number of benzene rings is 1. The normalized spacial score (nSPS) is 9.82. The molecule has 2 rings (SSSR count). The lowest BCUT2D eigenvalue weighted by molar-refractivity contribution is -0.394. The Morgan fingerprint density at radius 2 is 2.24 bits per heavy atom. The minimum absolute atomic E-state index is 0.282. The number of nitriles is 1. The maximum atomic E-state index is 10.4. The van der Waals surface area contributed by atoms with Gasteiger partial charge in [0.1, 0.15) is 0 Å². The number of nitro groups is 1. The van der Waals surface area contributed by atoms with Gasteiger partial charge in [-0.25, -0.2) is 0 Å². The lowest BCUT2D eigenvalue weighted by Crippen LogP contribution is -2.03. The molecule has 0 spiro atoms. The minimum Gasteiger partial charge on any atom is -0.390 e. The van der Waals surface area contributed by atoms with Gasteiger partial charge in [-0.3, -0.25) is 0 Å². The van der Waals surface area contributed by atoms with E-state index in [4.69, 9.17) is 5.26 Å². The molecule has 1 heterocycles. The lowest BCUT2D eigenvalue weighted by atomic mass is 10.1. The maximum absolute atomic E-state index is 10.4. The summed E-state index contributed by atoms with van der Waals surface area (Å²) >= 11 is 0. The van der Waals surface area contributed by atoms with Crippen molar-refractivity contribution >= 4 is 5.95 Å². The van der Waals surface area contributed by atoms with Gasteiger partial charge in [0.15, 0.2) is 0 Å². The summed E-state index contributed by atoms with van der Waals surface area (Å²) in [6.07, 6.45) is 1.27. The molecule has 7 nitrogen and oxygen atoms in total. The van der Waals surface area contributed by atoms with Gasteiger partial charge in [-0.05, 0) is 16.6 Å². The van der Waals surface area contributed by atoms with Crippen molar-refractivity contribution in [3.63, 3.8) is 0 Å². The van der Waals surface area contributed by atoms with Crippen molar-refractivity contribution in [2.75, 3.05) is 0 Å². The molecule has 0 aliphatic heterocycles. The molecule has 0 atom stereocenters. The van der Waals surface area contributed by atoms with Gasteiger partial charge in [0.25, 0.3) is 0 Å². The zero-order valence-electron chi connectivity index (χ0n) is 8.65. The van der Waals surface area contributed by atoms with Crippen molar-refractivity contribution in [3.8, 4) is 6.07 Å². The maximum Gasteiger partial charge on any atom is 0.490 e. The smallest absolute Gasteiger partial charge is 0.390 e. The van der Waals surface area contributed by atoms with E-state index in [9.17, 15) is 10.1 Å². The molecule has 0 amide bonds. The van der Waals surface area contributed by atoms with Gasteiger partial charge in [0.05, 0.1) is 18.2 Å². The van der Waals surface area contributed by atoms with Crippen LogP contribution < -0.4 is 0 Å². The third kappa shape index (κ3) is 2.26. The molecule has 1 aromatic carbocycles. The standard InChI is InChI=1S/C10H7N5O2/c11-5-8-3-1-2-4-9(8)6-14-7-12-10(13-14)15(16)17/h1-4,7H,6H2. The summed E-state index contributed by atoms with van der Waals surface area (Å²) in [5.41, 5.74) is 1.26. The van der Waals surface area contributed by atoms with Gasteiger partial charge >= 0.3 is 5.95 Å². The number of nitrogens with zero attached hydrogens (tertiary/aromatic N) is 5. The van der Waals surface area contributed by atoms with Crippen LogP contribution in [0.5, 0.6) is 0 Å². The minimum atomic E-state index is -0.660. The van der Waals surface area contributed by atoms with E-state index in [0.29, 0.717) is 5.56 Å². The number of hydrogen-bond acceptors (Lipinski definition) is 5. The molecule has 0 fully saturated rings. The van der Waals surface area contributed by atoms with Gasteiger partial charge in [0.2, 0.25) is 6.33 Å². The molecule has 0 saturated heterocycles.